The summed E-state index contributed by atoms with van der Waals surface area (Å²) in [5, 5.41) is 4.27. The first-order chi connectivity index (χ1) is 13.9. The van der Waals surface area contributed by atoms with Gasteiger partial charge in [0.25, 0.3) is 5.95 Å². The van der Waals surface area contributed by atoms with Gasteiger partial charge < -0.3 is 20.9 Å². The lowest BCUT2D eigenvalue weighted by Crippen LogP contribution is -2.42. The fourth-order valence-electron chi connectivity index (χ4n) is 3.49. The standard InChI is InChI=1S/C21H30ClN7/c1-5-29-10-6-7-16(13-29)25-19-12-15(3)24-21(26-19)27-20(23)28(4)17-8-9-18(22)14(2)11-17/h8-9,11-12,16H,5-7,10,13H2,1-4H3,(H3,23,24,25,26,27). The number of rotatable bonds is 5. The van der Waals surface area contributed by atoms with Crippen molar-refractivity contribution in [1.29, 1.82) is 0 Å². The molecule has 0 radical (unpaired) electrons. The Bertz CT molecular complexity index is 883. The van der Waals surface area contributed by atoms with Gasteiger partial charge in [0, 0.05) is 42.1 Å². The number of nitrogens with zero attached hydrogens (tertiary/aromatic N) is 5. The number of aliphatic imine (C=N–C) groups is 1. The van der Waals surface area contributed by atoms with Crippen molar-refractivity contribution in [2.45, 2.75) is 39.7 Å². The Balaban J connectivity index is 1.76. The highest BCUT2D eigenvalue weighted by atomic mass is 35.5. The number of hydrogen-bond acceptors (Lipinski definition) is 5. The maximum atomic E-state index is 6.23. The zero-order valence-electron chi connectivity index (χ0n) is 17.6. The third-order valence-corrected chi connectivity index (χ3v) is 5.66. The van der Waals surface area contributed by atoms with E-state index in [0.717, 1.165) is 47.3 Å². The van der Waals surface area contributed by atoms with Gasteiger partial charge in [-0.2, -0.15) is 9.98 Å². The quantitative estimate of drug-likeness (QED) is 0.572. The number of aryl methyl sites for hydroxylation is 2. The minimum Gasteiger partial charge on any atom is -0.369 e. The molecule has 0 aliphatic carbocycles. The zero-order valence-corrected chi connectivity index (χ0v) is 18.4. The molecule has 1 fully saturated rings. The molecule has 156 valence electrons. The van der Waals surface area contributed by atoms with Crippen molar-refractivity contribution in [3.05, 3.63) is 40.5 Å². The molecular weight excluding hydrogens is 386 g/mol. The van der Waals surface area contributed by atoms with E-state index in [4.69, 9.17) is 17.3 Å². The molecule has 1 unspecified atom stereocenters. The van der Waals surface area contributed by atoms with E-state index in [9.17, 15) is 0 Å². The maximum absolute atomic E-state index is 6.23. The Labute approximate surface area is 178 Å². The third kappa shape index (κ3) is 5.58. The molecular formula is C21H30ClN7. The van der Waals surface area contributed by atoms with Gasteiger partial charge in [0.05, 0.1) is 0 Å². The summed E-state index contributed by atoms with van der Waals surface area (Å²) in [5.74, 6) is 1.46. The van der Waals surface area contributed by atoms with E-state index in [-0.39, 0.29) is 0 Å². The summed E-state index contributed by atoms with van der Waals surface area (Å²) in [7, 11) is 1.86. The largest absolute Gasteiger partial charge is 0.369 e. The van der Waals surface area contributed by atoms with Crippen LogP contribution in [0, 0.1) is 13.8 Å². The molecule has 3 N–H and O–H groups in total. The van der Waals surface area contributed by atoms with Crippen molar-refractivity contribution < 1.29 is 0 Å². The van der Waals surface area contributed by atoms with Gasteiger partial charge in [-0.05, 0) is 63.5 Å². The Morgan fingerprint density at radius 2 is 2.14 bits per heavy atom. The lowest BCUT2D eigenvalue weighted by molar-refractivity contribution is 0.226. The number of hydrogen-bond donors (Lipinski definition) is 2. The normalized spacial score (nSPS) is 18.0. The third-order valence-electron chi connectivity index (χ3n) is 5.23. The van der Waals surface area contributed by atoms with Crippen LogP contribution in [0.1, 0.15) is 31.0 Å². The van der Waals surface area contributed by atoms with Crippen LogP contribution in [0.3, 0.4) is 0 Å². The number of benzene rings is 1. The van der Waals surface area contributed by atoms with Gasteiger partial charge in [-0.1, -0.05) is 18.5 Å². The van der Waals surface area contributed by atoms with Crippen LogP contribution in [0.5, 0.6) is 0 Å². The van der Waals surface area contributed by atoms with Crippen molar-refractivity contribution in [3.8, 4) is 0 Å². The molecule has 1 aromatic carbocycles. The summed E-state index contributed by atoms with van der Waals surface area (Å²) in [5.41, 5.74) is 8.96. The summed E-state index contributed by atoms with van der Waals surface area (Å²) >= 11 is 6.12. The second-order valence-electron chi connectivity index (χ2n) is 7.53. The molecule has 0 spiro atoms. The second-order valence-corrected chi connectivity index (χ2v) is 7.94. The van der Waals surface area contributed by atoms with E-state index >= 15 is 0 Å². The van der Waals surface area contributed by atoms with E-state index in [1.807, 2.05) is 45.2 Å². The maximum Gasteiger partial charge on any atom is 0.254 e. The average Bonchev–Trinajstić information content (AvgIpc) is 2.69. The topological polar surface area (TPSA) is 82.7 Å². The van der Waals surface area contributed by atoms with Crippen LogP contribution in [0.25, 0.3) is 0 Å². The molecule has 3 rings (SSSR count). The van der Waals surface area contributed by atoms with E-state index in [1.165, 1.54) is 13.0 Å². The lowest BCUT2D eigenvalue weighted by Gasteiger charge is -2.32. The number of anilines is 2. The Morgan fingerprint density at radius 3 is 2.86 bits per heavy atom. The van der Waals surface area contributed by atoms with Gasteiger partial charge in [0.2, 0.25) is 5.96 Å². The molecule has 1 atom stereocenters. The van der Waals surface area contributed by atoms with Crippen LogP contribution < -0.4 is 16.0 Å². The first kappa shape index (κ1) is 21.3. The number of likely N-dealkylation sites (N-methyl/N-ethyl adjacent to an activating group) is 1. The molecule has 1 aromatic heterocycles. The first-order valence-electron chi connectivity index (χ1n) is 10.0. The molecule has 0 amide bonds. The van der Waals surface area contributed by atoms with E-state index in [1.54, 1.807) is 4.90 Å². The summed E-state index contributed by atoms with van der Waals surface area (Å²) in [6.45, 7) is 9.36. The van der Waals surface area contributed by atoms with Gasteiger partial charge in [0.15, 0.2) is 0 Å². The highest BCUT2D eigenvalue weighted by Crippen LogP contribution is 2.22. The van der Waals surface area contributed by atoms with E-state index in [0.29, 0.717) is 17.9 Å². The minimum atomic E-state index is 0.318. The predicted molar refractivity (Wildman–Crippen MR) is 121 cm³/mol. The summed E-state index contributed by atoms with van der Waals surface area (Å²) in [6.07, 6.45) is 2.33. The highest BCUT2D eigenvalue weighted by molar-refractivity contribution is 6.31. The molecule has 2 heterocycles. The molecule has 1 aliphatic rings. The van der Waals surface area contributed by atoms with E-state index < -0.39 is 0 Å². The molecule has 8 heteroatoms. The SMILES string of the molecule is CCN1CCCC(Nc2cc(C)nc(N=C(N)N(C)c3ccc(Cl)c(C)c3)n2)C1. The fourth-order valence-corrected chi connectivity index (χ4v) is 3.61. The Morgan fingerprint density at radius 1 is 1.34 bits per heavy atom. The van der Waals surface area contributed by atoms with Crippen molar-refractivity contribution >= 4 is 35.0 Å². The first-order valence-corrected chi connectivity index (χ1v) is 10.4. The molecule has 29 heavy (non-hydrogen) atoms. The number of nitrogens with one attached hydrogen (secondary N) is 1. The van der Waals surface area contributed by atoms with Gasteiger partial charge in [-0.15, -0.1) is 0 Å². The van der Waals surface area contributed by atoms with Crippen molar-refractivity contribution in [2.75, 3.05) is 36.9 Å². The number of piperidine rings is 1. The number of likely N-dealkylation sites (tertiary alicyclic amines) is 1. The lowest BCUT2D eigenvalue weighted by atomic mass is 10.1. The van der Waals surface area contributed by atoms with Crippen LogP contribution in [0.4, 0.5) is 17.5 Å². The van der Waals surface area contributed by atoms with Crippen LogP contribution >= 0.6 is 11.6 Å². The van der Waals surface area contributed by atoms with Crippen LogP contribution in [0.15, 0.2) is 29.3 Å². The van der Waals surface area contributed by atoms with Crippen LogP contribution in [-0.4, -0.2) is 53.6 Å². The van der Waals surface area contributed by atoms with Gasteiger partial charge >= 0.3 is 0 Å². The molecule has 2 aromatic rings. The number of nitrogens with two attached hydrogens (primary N) is 1. The Kier molecular flexibility index (Phi) is 6.92. The molecule has 0 saturated carbocycles. The van der Waals surface area contributed by atoms with E-state index in [2.05, 4.69) is 32.1 Å². The van der Waals surface area contributed by atoms with Gasteiger partial charge in [-0.25, -0.2) is 4.98 Å². The molecule has 1 aliphatic heterocycles. The molecule has 0 bridgehead atoms. The molecule has 7 nitrogen and oxygen atoms in total. The minimum absolute atomic E-state index is 0.318. The van der Waals surface area contributed by atoms with Crippen molar-refractivity contribution in [2.24, 2.45) is 10.7 Å². The highest BCUT2D eigenvalue weighted by Gasteiger charge is 2.19. The smallest absolute Gasteiger partial charge is 0.254 e. The zero-order chi connectivity index (χ0) is 21.0. The summed E-state index contributed by atoms with van der Waals surface area (Å²) < 4.78 is 0. The second kappa shape index (κ2) is 9.41. The summed E-state index contributed by atoms with van der Waals surface area (Å²) in [6, 6.07) is 8.06. The van der Waals surface area contributed by atoms with Gasteiger partial charge in [-0.3, -0.25) is 0 Å². The number of guanidine groups is 1. The average molecular weight is 416 g/mol. The number of aromatic nitrogens is 2. The van der Waals surface area contributed by atoms with Crippen molar-refractivity contribution in [3.63, 3.8) is 0 Å². The van der Waals surface area contributed by atoms with Crippen LogP contribution in [0.2, 0.25) is 5.02 Å². The van der Waals surface area contributed by atoms with Gasteiger partial charge in [0.1, 0.15) is 5.82 Å². The van der Waals surface area contributed by atoms with Crippen molar-refractivity contribution in [1.82, 2.24) is 14.9 Å². The predicted octanol–water partition coefficient (Wildman–Crippen LogP) is 3.73. The Hall–Kier alpha value is -2.38. The fraction of sp³-hybridized carbons (Fsp3) is 0.476. The molecule has 1 saturated heterocycles. The number of halogens is 1. The monoisotopic (exact) mass is 415 g/mol. The van der Waals surface area contributed by atoms with Crippen LogP contribution in [-0.2, 0) is 0 Å². The summed E-state index contributed by atoms with van der Waals surface area (Å²) in [4.78, 5) is 17.7.